The minimum Gasteiger partial charge on any atom is -0.355 e. The van der Waals surface area contributed by atoms with E-state index in [0.717, 1.165) is 35.4 Å². The van der Waals surface area contributed by atoms with Gasteiger partial charge in [-0.2, -0.15) is 0 Å². The van der Waals surface area contributed by atoms with Gasteiger partial charge in [-0.1, -0.05) is 29.3 Å². The molecule has 3 rings (SSSR count). The number of carbonyl (C=O) groups excluding carboxylic acids is 1. The van der Waals surface area contributed by atoms with Crippen molar-refractivity contribution in [3.05, 3.63) is 49.9 Å². The number of fused-ring (bicyclic) bond motifs is 1. The minimum atomic E-state index is -0.0445. The lowest BCUT2D eigenvalue weighted by molar-refractivity contribution is -0.122. The fourth-order valence-electron chi connectivity index (χ4n) is 2.77. The van der Waals surface area contributed by atoms with Gasteiger partial charge in [0.1, 0.15) is 0 Å². The number of aromatic nitrogens is 1. The lowest BCUT2D eigenvalue weighted by Crippen LogP contribution is -2.32. The van der Waals surface area contributed by atoms with E-state index in [-0.39, 0.29) is 11.8 Å². The van der Waals surface area contributed by atoms with Crippen LogP contribution in [0.25, 0.3) is 0 Å². The Hall–Kier alpha value is -1.10. The first kappa shape index (κ1) is 15.8. The average molecular weight is 355 g/mol. The maximum absolute atomic E-state index is 12.4. The Bertz CT molecular complexity index is 687. The van der Waals surface area contributed by atoms with Crippen LogP contribution in [0.2, 0.25) is 10.0 Å². The van der Waals surface area contributed by atoms with Crippen molar-refractivity contribution in [3.8, 4) is 0 Å². The number of carbonyl (C=O) groups is 1. The Balaban J connectivity index is 1.57. The normalized spacial score (nSPS) is 17.1. The third-order valence-corrected chi connectivity index (χ3v) is 5.49. The monoisotopic (exact) mass is 354 g/mol. The van der Waals surface area contributed by atoms with Crippen molar-refractivity contribution in [2.24, 2.45) is 0 Å². The zero-order chi connectivity index (χ0) is 15.5. The summed E-state index contributed by atoms with van der Waals surface area (Å²) < 4.78 is 0. The maximum Gasteiger partial charge on any atom is 0.228 e. The van der Waals surface area contributed by atoms with Gasteiger partial charge in [-0.3, -0.25) is 4.79 Å². The van der Waals surface area contributed by atoms with Crippen molar-refractivity contribution >= 4 is 40.4 Å². The second-order valence-electron chi connectivity index (χ2n) is 5.38. The van der Waals surface area contributed by atoms with Gasteiger partial charge in [0.15, 0.2) is 0 Å². The highest BCUT2D eigenvalue weighted by Gasteiger charge is 2.28. The number of hydrogen-bond acceptors (Lipinski definition) is 3. The van der Waals surface area contributed by atoms with Crippen molar-refractivity contribution in [1.29, 1.82) is 0 Å². The van der Waals surface area contributed by atoms with Crippen LogP contribution in [-0.2, 0) is 17.6 Å². The molecule has 22 heavy (non-hydrogen) atoms. The smallest absolute Gasteiger partial charge is 0.228 e. The second kappa shape index (κ2) is 6.99. The topological polar surface area (TPSA) is 42.0 Å². The van der Waals surface area contributed by atoms with E-state index < -0.39 is 0 Å². The SMILES string of the molecule is O=C(NCCc1ccc(Cl)cc1Cl)C1CCCc2ncsc21. The van der Waals surface area contributed by atoms with Gasteiger partial charge in [0.2, 0.25) is 5.91 Å². The number of halogens is 2. The van der Waals surface area contributed by atoms with Gasteiger partial charge in [-0.05, 0) is 43.4 Å². The Morgan fingerprint density at radius 2 is 2.27 bits per heavy atom. The van der Waals surface area contributed by atoms with Gasteiger partial charge in [-0.25, -0.2) is 4.98 Å². The summed E-state index contributed by atoms with van der Waals surface area (Å²) in [6.07, 6.45) is 3.62. The first-order chi connectivity index (χ1) is 10.6. The molecule has 1 aliphatic rings. The Labute approximate surface area is 143 Å². The summed E-state index contributed by atoms with van der Waals surface area (Å²) in [5, 5.41) is 4.29. The predicted octanol–water partition coefficient (Wildman–Crippen LogP) is 4.23. The van der Waals surface area contributed by atoms with Crippen molar-refractivity contribution in [2.45, 2.75) is 31.6 Å². The van der Waals surface area contributed by atoms with E-state index >= 15 is 0 Å². The van der Waals surface area contributed by atoms with Crippen molar-refractivity contribution < 1.29 is 4.79 Å². The molecule has 116 valence electrons. The van der Waals surface area contributed by atoms with Crippen molar-refractivity contribution in [3.63, 3.8) is 0 Å². The Morgan fingerprint density at radius 1 is 1.41 bits per heavy atom. The van der Waals surface area contributed by atoms with E-state index in [0.29, 0.717) is 23.0 Å². The largest absolute Gasteiger partial charge is 0.355 e. The Morgan fingerprint density at radius 3 is 3.09 bits per heavy atom. The molecule has 1 amide bonds. The molecule has 0 saturated carbocycles. The molecule has 0 spiro atoms. The van der Waals surface area contributed by atoms with Gasteiger partial charge >= 0.3 is 0 Å². The third-order valence-electron chi connectivity index (χ3n) is 3.92. The molecule has 3 nitrogen and oxygen atoms in total. The van der Waals surface area contributed by atoms with Crippen molar-refractivity contribution in [2.75, 3.05) is 6.54 Å². The molecular weight excluding hydrogens is 339 g/mol. The minimum absolute atomic E-state index is 0.0445. The van der Waals surface area contributed by atoms with Crippen LogP contribution in [-0.4, -0.2) is 17.4 Å². The summed E-state index contributed by atoms with van der Waals surface area (Å²) in [4.78, 5) is 17.9. The van der Waals surface area contributed by atoms with Crippen LogP contribution in [0.15, 0.2) is 23.7 Å². The summed E-state index contributed by atoms with van der Waals surface area (Å²) in [5.41, 5.74) is 3.93. The highest BCUT2D eigenvalue weighted by Crippen LogP contribution is 2.34. The van der Waals surface area contributed by atoms with E-state index in [2.05, 4.69) is 10.3 Å². The van der Waals surface area contributed by atoms with E-state index in [1.165, 1.54) is 0 Å². The van der Waals surface area contributed by atoms with Crippen LogP contribution in [0.4, 0.5) is 0 Å². The maximum atomic E-state index is 12.4. The molecule has 0 radical (unpaired) electrons. The van der Waals surface area contributed by atoms with Gasteiger partial charge in [-0.15, -0.1) is 11.3 Å². The van der Waals surface area contributed by atoms with Crippen LogP contribution >= 0.6 is 34.5 Å². The highest BCUT2D eigenvalue weighted by atomic mass is 35.5. The van der Waals surface area contributed by atoms with Crippen LogP contribution in [0.3, 0.4) is 0 Å². The molecule has 0 fully saturated rings. The number of thiazole rings is 1. The number of nitrogens with one attached hydrogen (secondary N) is 1. The van der Waals surface area contributed by atoms with E-state index in [1.54, 1.807) is 17.4 Å². The van der Waals surface area contributed by atoms with Crippen LogP contribution in [0, 0.1) is 0 Å². The van der Waals surface area contributed by atoms with Gasteiger partial charge in [0, 0.05) is 21.5 Å². The van der Waals surface area contributed by atoms with Gasteiger partial charge in [0.25, 0.3) is 0 Å². The molecule has 1 aliphatic carbocycles. The average Bonchev–Trinajstić information content (AvgIpc) is 2.97. The van der Waals surface area contributed by atoms with Crippen LogP contribution in [0.1, 0.15) is 34.9 Å². The van der Waals surface area contributed by atoms with Crippen LogP contribution < -0.4 is 5.32 Å². The van der Waals surface area contributed by atoms with E-state index in [4.69, 9.17) is 23.2 Å². The first-order valence-corrected chi connectivity index (χ1v) is 8.92. The summed E-state index contributed by atoms with van der Waals surface area (Å²) in [5.74, 6) is 0.0484. The first-order valence-electron chi connectivity index (χ1n) is 7.29. The van der Waals surface area contributed by atoms with Gasteiger partial charge < -0.3 is 5.32 Å². The Kier molecular flexibility index (Phi) is 5.01. The molecule has 1 unspecified atom stereocenters. The quantitative estimate of drug-likeness (QED) is 0.892. The number of hydrogen-bond donors (Lipinski definition) is 1. The number of aryl methyl sites for hydroxylation is 1. The molecule has 1 heterocycles. The molecule has 0 saturated heterocycles. The third kappa shape index (κ3) is 3.45. The summed E-state index contributed by atoms with van der Waals surface area (Å²) in [6, 6.07) is 5.44. The van der Waals surface area contributed by atoms with Crippen molar-refractivity contribution in [1.82, 2.24) is 10.3 Å². The van der Waals surface area contributed by atoms with Crippen LogP contribution in [0.5, 0.6) is 0 Å². The zero-order valence-corrected chi connectivity index (χ0v) is 14.3. The van der Waals surface area contributed by atoms with E-state index in [9.17, 15) is 4.79 Å². The molecule has 1 aromatic carbocycles. The molecule has 0 aliphatic heterocycles. The number of nitrogens with zero attached hydrogens (tertiary/aromatic N) is 1. The number of benzene rings is 1. The molecule has 2 aromatic rings. The number of rotatable bonds is 4. The lowest BCUT2D eigenvalue weighted by atomic mass is 9.91. The second-order valence-corrected chi connectivity index (χ2v) is 7.11. The molecule has 1 N–H and O–H groups in total. The molecule has 6 heteroatoms. The zero-order valence-electron chi connectivity index (χ0n) is 11.9. The predicted molar refractivity (Wildman–Crippen MR) is 91.0 cm³/mol. The lowest BCUT2D eigenvalue weighted by Gasteiger charge is -2.20. The molecular formula is C16H16Cl2N2OS. The molecule has 0 bridgehead atoms. The highest BCUT2D eigenvalue weighted by molar-refractivity contribution is 7.10. The van der Waals surface area contributed by atoms with Gasteiger partial charge in [0.05, 0.1) is 17.1 Å². The summed E-state index contributed by atoms with van der Waals surface area (Å²) in [6.45, 7) is 0.574. The molecule has 1 atom stereocenters. The fourth-order valence-corrected chi connectivity index (χ4v) is 4.25. The molecule has 1 aromatic heterocycles. The fraction of sp³-hybridized carbons (Fsp3) is 0.375. The summed E-state index contributed by atoms with van der Waals surface area (Å²) >= 11 is 13.6. The van der Waals surface area contributed by atoms with E-state index in [1.807, 2.05) is 17.6 Å². The number of amides is 1. The summed E-state index contributed by atoms with van der Waals surface area (Å²) in [7, 11) is 0. The standard InChI is InChI=1S/C16H16Cl2N2OS/c17-11-5-4-10(13(18)8-11)6-7-19-16(21)12-2-1-3-14-15(12)22-9-20-14/h4-5,8-9,12H,1-3,6-7H2,(H,19,21).